The summed E-state index contributed by atoms with van der Waals surface area (Å²) >= 11 is 0. The van der Waals surface area contributed by atoms with Crippen LogP contribution in [0.15, 0.2) is 0 Å². The number of nitrogens with two attached hydrogens (primary N) is 1. The van der Waals surface area contributed by atoms with Crippen LogP contribution in [0.3, 0.4) is 0 Å². The second-order valence-corrected chi connectivity index (χ2v) is 4.79. The van der Waals surface area contributed by atoms with Crippen molar-refractivity contribution in [3.8, 4) is 0 Å². The highest BCUT2D eigenvalue weighted by Crippen LogP contribution is 2.33. The molecule has 4 N–H and O–H groups in total. The first-order chi connectivity index (χ1) is 7.38. The highest BCUT2D eigenvalue weighted by Gasteiger charge is 2.39. The molecule has 5 nitrogen and oxygen atoms in total. The Hall–Kier alpha value is -1.10. The third-order valence-corrected chi connectivity index (χ3v) is 2.93. The van der Waals surface area contributed by atoms with E-state index in [-0.39, 0.29) is 11.8 Å². The van der Waals surface area contributed by atoms with E-state index in [0.29, 0.717) is 6.42 Å². The highest BCUT2D eigenvalue weighted by molar-refractivity contribution is 5.89. The molecule has 2 unspecified atom stereocenters. The molecule has 1 saturated carbocycles. The monoisotopic (exact) mass is 228 g/mol. The van der Waals surface area contributed by atoms with Crippen LogP contribution in [0.1, 0.15) is 39.5 Å². The smallest absolute Gasteiger partial charge is 0.326 e. The molecule has 0 aromatic heterocycles. The molecule has 92 valence electrons. The van der Waals surface area contributed by atoms with Crippen LogP contribution in [0, 0.1) is 5.92 Å². The summed E-state index contributed by atoms with van der Waals surface area (Å²) in [7, 11) is 0. The number of aliphatic carboxylic acids is 1. The summed E-state index contributed by atoms with van der Waals surface area (Å²) in [5.41, 5.74) is 4.86. The predicted molar refractivity (Wildman–Crippen MR) is 59.8 cm³/mol. The van der Waals surface area contributed by atoms with Gasteiger partial charge in [-0.15, -0.1) is 0 Å². The lowest BCUT2D eigenvalue weighted by Crippen LogP contribution is -2.56. The van der Waals surface area contributed by atoms with E-state index in [9.17, 15) is 9.59 Å². The fraction of sp³-hybridized carbons (Fsp3) is 0.818. The number of carbonyl (C=O) groups is 2. The van der Waals surface area contributed by atoms with Gasteiger partial charge in [0.15, 0.2) is 0 Å². The van der Waals surface area contributed by atoms with E-state index >= 15 is 0 Å². The number of nitrogens with one attached hydrogen (secondary N) is 1. The summed E-state index contributed by atoms with van der Waals surface area (Å²) in [4.78, 5) is 22.7. The summed E-state index contributed by atoms with van der Waals surface area (Å²) in [6.45, 7) is 3.58. The predicted octanol–water partition coefficient (Wildman–Crippen LogP) is 0.483. The number of carboxylic acids is 1. The van der Waals surface area contributed by atoms with E-state index in [1.54, 1.807) is 6.92 Å². The molecule has 0 radical (unpaired) electrons. The summed E-state index contributed by atoms with van der Waals surface area (Å²) in [6, 6.07) is -0.771. The lowest BCUT2D eigenvalue weighted by molar-refractivity contribution is -0.143. The fourth-order valence-electron chi connectivity index (χ4n) is 1.75. The molecule has 0 heterocycles. The zero-order valence-corrected chi connectivity index (χ0v) is 9.82. The summed E-state index contributed by atoms with van der Waals surface area (Å²) in [6.07, 6.45) is 3.08. The maximum Gasteiger partial charge on any atom is 0.326 e. The minimum absolute atomic E-state index is 0.0823. The maximum absolute atomic E-state index is 11.8. The maximum atomic E-state index is 11.8. The first-order valence-corrected chi connectivity index (χ1v) is 5.71. The van der Waals surface area contributed by atoms with Crippen LogP contribution >= 0.6 is 0 Å². The molecular formula is C11H20N2O3. The van der Waals surface area contributed by atoms with Crippen LogP contribution in [0.5, 0.6) is 0 Å². The van der Waals surface area contributed by atoms with Crippen LogP contribution < -0.4 is 11.1 Å². The van der Waals surface area contributed by atoms with Gasteiger partial charge in [-0.2, -0.15) is 0 Å². The molecule has 0 spiro atoms. The van der Waals surface area contributed by atoms with E-state index < -0.39 is 17.6 Å². The molecule has 0 saturated heterocycles. The van der Waals surface area contributed by atoms with Crippen molar-refractivity contribution >= 4 is 11.9 Å². The van der Waals surface area contributed by atoms with Gasteiger partial charge in [0.05, 0.1) is 5.54 Å². The van der Waals surface area contributed by atoms with Crippen molar-refractivity contribution in [3.63, 3.8) is 0 Å². The molecule has 1 aliphatic carbocycles. The standard InChI is InChI=1S/C11H20N2O3/c1-3-6-11(2,12)10(16)13-8(9(14)15)7-4-5-7/h7-8H,3-6,12H2,1-2H3,(H,13,16)(H,14,15). The average Bonchev–Trinajstić information content (AvgIpc) is 2.96. The summed E-state index contributed by atoms with van der Waals surface area (Å²) < 4.78 is 0. The SMILES string of the molecule is CCCC(C)(N)C(=O)NC(C(=O)O)C1CC1. The molecule has 0 aliphatic heterocycles. The molecule has 1 aliphatic rings. The number of carboxylic acid groups (broad SMARTS) is 1. The third kappa shape index (κ3) is 3.20. The Morgan fingerprint density at radius 3 is 2.50 bits per heavy atom. The second-order valence-electron chi connectivity index (χ2n) is 4.79. The first kappa shape index (κ1) is 13.0. The van der Waals surface area contributed by atoms with Crippen LogP contribution in [0.4, 0.5) is 0 Å². The van der Waals surface area contributed by atoms with Gasteiger partial charge in [0, 0.05) is 0 Å². The van der Waals surface area contributed by atoms with Crippen molar-refractivity contribution in [2.45, 2.75) is 51.1 Å². The number of hydrogen-bond acceptors (Lipinski definition) is 3. The molecule has 1 fully saturated rings. The largest absolute Gasteiger partial charge is 0.480 e. The van der Waals surface area contributed by atoms with Crippen molar-refractivity contribution in [2.24, 2.45) is 11.7 Å². The highest BCUT2D eigenvalue weighted by atomic mass is 16.4. The van der Waals surface area contributed by atoms with E-state index in [1.165, 1.54) is 0 Å². The Morgan fingerprint density at radius 1 is 1.56 bits per heavy atom. The number of amides is 1. The Morgan fingerprint density at radius 2 is 2.12 bits per heavy atom. The van der Waals surface area contributed by atoms with Gasteiger partial charge in [-0.25, -0.2) is 4.79 Å². The second kappa shape index (κ2) is 4.82. The number of rotatable bonds is 6. The van der Waals surface area contributed by atoms with Crippen LogP contribution in [-0.4, -0.2) is 28.6 Å². The zero-order valence-electron chi connectivity index (χ0n) is 9.82. The van der Waals surface area contributed by atoms with Crippen molar-refractivity contribution in [2.75, 3.05) is 0 Å². The van der Waals surface area contributed by atoms with Crippen molar-refractivity contribution in [1.29, 1.82) is 0 Å². The lowest BCUT2D eigenvalue weighted by atomic mass is 9.96. The molecular weight excluding hydrogens is 208 g/mol. The Bertz CT molecular complexity index is 285. The van der Waals surface area contributed by atoms with Crippen molar-refractivity contribution in [3.05, 3.63) is 0 Å². The normalized spacial score (nSPS) is 20.9. The Labute approximate surface area is 95.4 Å². The third-order valence-electron chi connectivity index (χ3n) is 2.93. The van der Waals surface area contributed by atoms with Gasteiger partial charge in [-0.05, 0) is 32.1 Å². The quantitative estimate of drug-likeness (QED) is 0.616. The molecule has 0 aromatic carbocycles. The van der Waals surface area contributed by atoms with Crippen LogP contribution in [0.2, 0.25) is 0 Å². The molecule has 2 atom stereocenters. The molecule has 0 aromatic rings. The van der Waals surface area contributed by atoms with Gasteiger partial charge < -0.3 is 16.2 Å². The van der Waals surface area contributed by atoms with Gasteiger partial charge in [-0.1, -0.05) is 13.3 Å². The van der Waals surface area contributed by atoms with E-state index in [1.807, 2.05) is 6.92 Å². The first-order valence-electron chi connectivity index (χ1n) is 5.71. The van der Waals surface area contributed by atoms with E-state index in [2.05, 4.69) is 5.32 Å². The Balaban J connectivity index is 2.57. The van der Waals surface area contributed by atoms with Gasteiger partial charge in [0.2, 0.25) is 5.91 Å². The molecule has 0 bridgehead atoms. The summed E-state index contributed by atoms with van der Waals surface area (Å²) in [5.74, 6) is -1.25. The van der Waals surface area contributed by atoms with Crippen molar-refractivity contribution in [1.82, 2.24) is 5.32 Å². The van der Waals surface area contributed by atoms with Crippen LogP contribution in [0.25, 0.3) is 0 Å². The minimum atomic E-state index is -0.975. The van der Waals surface area contributed by atoms with Crippen molar-refractivity contribution < 1.29 is 14.7 Å². The van der Waals surface area contributed by atoms with Gasteiger partial charge in [0.1, 0.15) is 6.04 Å². The minimum Gasteiger partial charge on any atom is -0.480 e. The Kier molecular flexibility index (Phi) is 3.91. The zero-order chi connectivity index (χ0) is 12.3. The molecule has 1 rings (SSSR count). The van der Waals surface area contributed by atoms with Gasteiger partial charge >= 0.3 is 5.97 Å². The summed E-state index contributed by atoms with van der Waals surface area (Å²) in [5, 5.41) is 11.5. The van der Waals surface area contributed by atoms with Gasteiger partial charge in [-0.3, -0.25) is 4.79 Å². The van der Waals surface area contributed by atoms with Crippen LogP contribution in [-0.2, 0) is 9.59 Å². The van der Waals surface area contributed by atoms with E-state index in [4.69, 9.17) is 10.8 Å². The van der Waals surface area contributed by atoms with E-state index in [0.717, 1.165) is 19.3 Å². The molecule has 5 heteroatoms. The molecule has 1 amide bonds. The molecule has 16 heavy (non-hydrogen) atoms. The average molecular weight is 228 g/mol. The lowest BCUT2D eigenvalue weighted by Gasteiger charge is -2.25. The topological polar surface area (TPSA) is 92.4 Å². The fourth-order valence-corrected chi connectivity index (χ4v) is 1.75. The number of hydrogen-bond donors (Lipinski definition) is 3. The number of carbonyl (C=O) groups excluding carboxylic acids is 1. The van der Waals surface area contributed by atoms with Gasteiger partial charge in [0.25, 0.3) is 0 Å².